The molecule has 3 rings (SSSR count). The van der Waals surface area contributed by atoms with E-state index in [-0.39, 0.29) is 11.7 Å². The molecule has 1 aromatic carbocycles. The molecule has 25 heavy (non-hydrogen) atoms. The van der Waals surface area contributed by atoms with Crippen LogP contribution in [0.25, 0.3) is 0 Å². The van der Waals surface area contributed by atoms with Crippen LogP contribution in [0.15, 0.2) is 24.3 Å². The van der Waals surface area contributed by atoms with Crippen molar-refractivity contribution in [3.8, 4) is 0 Å². The van der Waals surface area contributed by atoms with Crippen LogP contribution in [0.5, 0.6) is 0 Å². The predicted molar refractivity (Wildman–Crippen MR) is 98.3 cm³/mol. The first-order chi connectivity index (χ1) is 12.0. The van der Waals surface area contributed by atoms with E-state index in [0.717, 1.165) is 38.3 Å². The molecule has 1 saturated heterocycles. The van der Waals surface area contributed by atoms with Crippen LogP contribution in [0, 0.1) is 17.7 Å². The third-order valence-corrected chi connectivity index (χ3v) is 6.13. The Kier molecular flexibility index (Phi) is 5.94. The summed E-state index contributed by atoms with van der Waals surface area (Å²) in [5, 5.41) is 3.28. The summed E-state index contributed by atoms with van der Waals surface area (Å²) in [7, 11) is 0. The highest BCUT2D eigenvalue weighted by atomic mass is 19.1. The molecular weight excluding hydrogens is 317 g/mol. The number of carbonyl (C=O) groups excluding carboxylic acids is 1. The Bertz CT molecular complexity index is 569. The first-order valence-electron chi connectivity index (χ1n) is 9.66. The second kappa shape index (κ2) is 8.17. The lowest BCUT2D eigenvalue weighted by Gasteiger charge is -2.36. The zero-order chi connectivity index (χ0) is 17.8. The summed E-state index contributed by atoms with van der Waals surface area (Å²) in [6.45, 7) is 8.83. The first-order valence-corrected chi connectivity index (χ1v) is 9.66. The standard InChI is InChI=1S/C20H30FN3O/c1-15-4-3-5-19(16(15)2)22-20(25)14-23-10-12-24(13-11-23)18-8-6-17(21)7-9-18/h6-9,15-16,19H,3-5,10-14H2,1-2H3,(H,22,25)/p+1/t15-,16-,19+/m1/s1. The molecule has 5 heteroatoms. The SMILES string of the molecule is C[C@@H]1[C@H](C)CCC[C@@H]1NC(=O)C[NH+]1CCN(c2ccc(F)cc2)CC1. The molecule has 1 amide bonds. The lowest BCUT2D eigenvalue weighted by molar-refractivity contribution is -0.892. The third-order valence-electron chi connectivity index (χ3n) is 6.13. The number of carbonyl (C=O) groups is 1. The molecule has 3 atom stereocenters. The molecule has 0 spiro atoms. The maximum atomic E-state index is 13.0. The van der Waals surface area contributed by atoms with Crippen molar-refractivity contribution < 1.29 is 14.1 Å². The van der Waals surface area contributed by atoms with E-state index in [9.17, 15) is 9.18 Å². The number of hydrogen-bond donors (Lipinski definition) is 2. The molecule has 0 unspecified atom stereocenters. The van der Waals surface area contributed by atoms with Crippen LogP contribution in [0.4, 0.5) is 10.1 Å². The van der Waals surface area contributed by atoms with E-state index >= 15 is 0 Å². The summed E-state index contributed by atoms with van der Waals surface area (Å²) in [4.78, 5) is 16.0. The Morgan fingerprint density at radius 1 is 1.20 bits per heavy atom. The number of quaternary nitrogens is 1. The summed E-state index contributed by atoms with van der Waals surface area (Å²) >= 11 is 0. The van der Waals surface area contributed by atoms with Crippen LogP contribution in [0.1, 0.15) is 33.1 Å². The van der Waals surface area contributed by atoms with Gasteiger partial charge in [0.2, 0.25) is 0 Å². The molecule has 138 valence electrons. The van der Waals surface area contributed by atoms with Gasteiger partial charge < -0.3 is 15.1 Å². The molecule has 1 saturated carbocycles. The number of rotatable bonds is 4. The van der Waals surface area contributed by atoms with Crippen molar-refractivity contribution in [3.63, 3.8) is 0 Å². The molecule has 0 radical (unpaired) electrons. The molecule has 1 heterocycles. The zero-order valence-corrected chi connectivity index (χ0v) is 15.4. The third kappa shape index (κ3) is 4.72. The second-order valence-corrected chi connectivity index (χ2v) is 7.83. The van der Waals surface area contributed by atoms with Crippen molar-refractivity contribution in [2.75, 3.05) is 37.6 Å². The van der Waals surface area contributed by atoms with Crippen LogP contribution in [0.3, 0.4) is 0 Å². The smallest absolute Gasteiger partial charge is 0.275 e. The van der Waals surface area contributed by atoms with Gasteiger partial charge >= 0.3 is 0 Å². The van der Waals surface area contributed by atoms with Gasteiger partial charge in [-0.15, -0.1) is 0 Å². The number of anilines is 1. The van der Waals surface area contributed by atoms with Crippen molar-refractivity contribution in [1.29, 1.82) is 0 Å². The van der Waals surface area contributed by atoms with Gasteiger partial charge in [-0.25, -0.2) is 4.39 Å². The summed E-state index contributed by atoms with van der Waals surface area (Å²) in [5.74, 6) is 1.26. The first kappa shape index (κ1) is 18.2. The molecule has 0 bridgehead atoms. The fraction of sp³-hybridized carbons (Fsp3) is 0.650. The molecule has 2 N–H and O–H groups in total. The van der Waals surface area contributed by atoms with Crippen molar-refractivity contribution in [2.24, 2.45) is 11.8 Å². The van der Waals surface area contributed by atoms with Crippen LogP contribution >= 0.6 is 0 Å². The van der Waals surface area contributed by atoms with Crippen LogP contribution in [-0.2, 0) is 4.79 Å². The summed E-state index contributed by atoms with van der Waals surface area (Å²) in [6.07, 6.45) is 3.62. The van der Waals surface area contributed by atoms with Gasteiger partial charge in [0.25, 0.3) is 5.91 Å². The quantitative estimate of drug-likeness (QED) is 0.865. The van der Waals surface area contributed by atoms with Crippen molar-refractivity contribution in [3.05, 3.63) is 30.1 Å². The number of amides is 1. The van der Waals surface area contributed by atoms with Crippen LogP contribution in [-0.4, -0.2) is 44.7 Å². The van der Waals surface area contributed by atoms with E-state index in [4.69, 9.17) is 0 Å². The maximum Gasteiger partial charge on any atom is 0.275 e. The van der Waals surface area contributed by atoms with Crippen LogP contribution in [0.2, 0.25) is 0 Å². The molecule has 1 aliphatic heterocycles. The molecular formula is C20H31FN3O+. The largest absolute Gasteiger partial charge is 0.360 e. The van der Waals surface area contributed by atoms with Crippen LogP contribution < -0.4 is 15.1 Å². The molecule has 1 aromatic rings. The van der Waals surface area contributed by atoms with Gasteiger partial charge in [-0.1, -0.05) is 26.7 Å². The Balaban J connectivity index is 1.44. The minimum atomic E-state index is -0.198. The topological polar surface area (TPSA) is 36.8 Å². The van der Waals surface area contributed by atoms with Gasteiger partial charge in [0.1, 0.15) is 5.82 Å². The van der Waals surface area contributed by atoms with Crippen molar-refractivity contribution in [1.82, 2.24) is 5.32 Å². The number of halogens is 1. The number of nitrogens with zero attached hydrogens (tertiary/aromatic N) is 1. The van der Waals surface area contributed by atoms with Gasteiger partial charge in [-0.05, 0) is 42.5 Å². The summed E-state index contributed by atoms with van der Waals surface area (Å²) in [5.41, 5.74) is 1.06. The lowest BCUT2D eigenvalue weighted by atomic mass is 9.78. The minimum absolute atomic E-state index is 0.191. The number of benzene rings is 1. The van der Waals surface area contributed by atoms with Gasteiger partial charge in [-0.3, -0.25) is 4.79 Å². The summed E-state index contributed by atoms with van der Waals surface area (Å²) in [6, 6.07) is 7.02. The second-order valence-electron chi connectivity index (χ2n) is 7.83. The Labute approximate surface area is 150 Å². The molecule has 0 aromatic heterocycles. The Morgan fingerprint density at radius 2 is 1.88 bits per heavy atom. The van der Waals surface area contributed by atoms with Gasteiger partial charge in [0.05, 0.1) is 26.2 Å². The Morgan fingerprint density at radius 3 is 2.56 bits per heavy atom. The van der Waals surface area contributed by atoms with Crippen molar-refractivity contribution >= 4 is 11.6 Å². The van der Waals surface area contributed by atoms with Gasteiger partial charge in [0.15, 0.2) is 6.54 Å². The predicted octanol–water partition coefficient (Wildman–Crippen LogP) is 1.47. The highest BCUT2D eigenvalue weighted by molar-refractivity contribution is 5.77. The lowest BCUT2D eigenvalue weighted by Crippen LogP contribution is -3.16. The van der Waals surface area contributed by atoms with E-state index in [1.807, 2.05) is 12.1 Å². The van der Waals surface area contributed by atoms with E-state index in [1.54, 1.807) is 0 Å². The van der Waals surface area contributed by atoms with E-state index in [1.165, 1.54) is 29.9 Å². The average Bonchev–Trinajstić information content (AvgIpc) is 2.60. The molecule has 2 fully saturated rings. The molecule has 2 aliphatic rings. The molecule has 1 aliphatic carbocycles. The normalized spacial score (nSPS) is 28.0. The average molecular weight is 348 g/mol. The fourth-order valence-electron chi connectivity index (χ4n) is 4.18. The highest BCUT2D eigenvalue weighted by Crippen LogP contribution is 2.29. The number of piperazine rings is 1. The molecule has 4 nitrogen and oxygen atoms in total. The van der Waals surface area contributed by atoms with Gasteiger partial charge in [0, 0.05) is 11.7 Å². The van der Waals surface area contributed by atoms with E-state index in [2.05, 4.69) is 24.1 Å². The summed E-state index contributed by atoms with van der Waals surface area (Å²) < 4.78 is 13.0. The maximum absolute atomic E-state index is 13.0. The van der Waals surface area contributed by atoms with Crippen molar-refractivity contribution in [2.45, 2.75) is 39.2 Å². The number of nitrogens with one attached hydrogen (secondary N) is 2. The monoisotopic (exact) mass is 348 g/mol. The fourth-order valence-corrected chi connectivity index (χ4v) is 4.18. The number of hydrogen-bond acceptors (Lipinski definition) is 2. The zero-order valence-electron chi connectivity index (χ0n) is 15.4. The van der Waals surface area contributed by atoms with Gasteiger partial charge in [-0.2, -0.15) is 0 Å². The highest BCUT2D eigenvalue weighted by Gasteiger charge is 2.29. The van der Waals surface area contributed by atoms with E-state index in [0.29, 0.717) is 24.4 Å². The Hall–Kier alpha value is -1.62. The van der Waals surface area contributed by atoms with E-state index < -0.39 is 0 Å². The minimum Gasteiger partial charge on any atom is -0.360 e.